The number of rotatable bonds is 8. The lowest BCUT2D eigenvalue weighted by Gasteiger charge is -2.13. The van der Waals surface area contributed by atoms with E-state index in [1.54, 1.807) is 25.5 Å². The van der Waals surface area contributed by atoms with Crippen molar-refractivity contribution in [2.75, 3.05) is 32.5 Å². The number of nitrogens with two attached hydrogens (primary N) is 1. The summed E-state index contributed by atoms with van der Waals surface area (Å²) in [6.45, 7) is 5.24. The Hall–Kier alpha value is -4.94. The Bertz CT molecular complexity index is 1810. The molecule has 0 aliphatic carbocycles. The van der Waals surface area contributed by atoms with Gasteiger partial charge in [0.15, 0.2) is 5.65 Å². The Balaban J connectivity index is 1.55. The van der Waals surface area contributed by atoms with E-state index < -0.39 is 0 Å². The number of nitrogens with one attached hydrogen (secondary N) is 3. The first-order chi connectivity index (χ1) is 19.4. The minimum absolute atomic E-state index is 0.310. The van der Waals surface area contributed by atoms with Crippen LogP contribution < -0.4 is 11.1 Å². The van der Waals surface area contributed by atoms with Gasteiger partial charge in [-0.2, -0.15) is 5.10 Å². The van der Waals surface area contributed by atoms with Crippen LogP contribution in [-0.2, 0) is 0 Å². The van der Waals surface area contributed by atoms with Gasteiger partial charge in [0.2, 0.25) is 0 Å². The number of halogens is 1. The van der Waals surface area contributed by atoms with Gasteiger partial charge in [-0.1, -0.05) is 12.0 Å². The molecule has 9 heteroatoms. The molecule has 0 amide bonds. The van der Waals surface area contributed by atoms with Crippen LogP contribution in [0.2, 0.25) is 0 Å². The van der Waals surface area contributed by atoms with Crippen molar-refractivity contribution < 1.29 is 4.39 Å². The van der Waals surface area contributed by atoms with Crippen LogP contribution in [0.25, 0.3) is 50.0 Å². The molecule has 202 valence electrons. The zero-order chi connectivity index (χ0) is 28.2. The third-order valence-corrected chi connectivity index (χ3v) is 6.55. The molecular formula is C31H31FN8. The number of pyridine rings is 2. The summed E-state index contributed by atoms with van der Waals surface area (Å²) in [5, 5.41) is 12.6. The second-order valence-corrected chi connectivity index (χ2v) is 9.70. The predicted molar refractivity (Wildman–Crippen MR) is 161 cm³/mol. The van der Waals surface area contributed by atoms with E-state index in [2.05, 4.69) is 47.2 Å². The van der Waals surface area contributed by atoms with Crippen molar-refractivity contribution in [2.24, 2.45) is 5.73 Å². The minimum Gasteiger partial charge on any atom is -0.392 e. The molecule has 8 nitrogen and oxygen atoms in total. The number of allylic oxidation sites excluding steroid dienone is 4. The zero-order valence-corrected chi connectivity index (χ0v) is 22.9. The number of benzene rings is 1. The van der Waals surface area contributed by atoms with Gasteiger partial charge in [-0.05, 0) is 81.4 Å². The Morgan fingerprint density at radius 1 is 1.12 bits per heavy atom. The Morgan fingerprint density at radius 2 is 1.98 bits per heavy atom. The molecule has 0 unspecified atom stereocenters. The maximum atomic E-state index is 14.6. The number of anilines is 1. The molecule has 0 fully saturated rings. The third-order valence-electron chi connectivity index (χ3n) is 6.55. The van der Waals surface area contributed by atoms with Crippen molar-refractivity contribution in [3.63, 3.8) is 0 Å². The topological polar surface area (TPSA) is 112 Å². The quantitative estimate of drug-likeness (QED) is 0.153. The number of aromatic amines is 2. The molecule has 1 aromatic carbocycles. The van der Waals surface area contributed by atoms with Crippen LogP contribution in [0.3, 0.4) is 0 Å². The number of hydrogen-bond acceptors (Lipinski definition) is 6. The number of likely N-dealkylation sites (N-methyl/N-ethyl adjacent to an activating group) is 1. The van der Waals surface area contributed by atoms with Crippen molar-refractivity contribution in [1.82, 2.24) is 30.0 Å². The molecule has 0 aliphatic rings. The molecule has 4 aromatic heterocycles. The number of nitrogens with zero attached hydrogens (tertiary/aromatic N) is 4. The lowest BCUT2D eigenvalue weighted by Crippen LogP contribution is -2.20. The van der Waals surface area contributed by atoms with E-state index in [1.807, 2.05) is 51.4 Å². The fourth-order valence-corrected chi connectivity index (χ4v) is 4.63. The number of H-pyrrole nitrogens is 2. The van der Waals surface area contributed by atoms with Crippen LogP contribution in [-0.4, -0.2) is 57.2 Å². The highest BCUT2D eigenvalue weighted by atomic mass is 19.1. The highest BCUT2D eigenvalue weighted by molar-refractivity contribution is 6.00. The monoisotopic (exact) mass is 534 g/mol. The third kappa shape index (κ3) is 5.58. The number of fused-ring (bicyclic) bond motifs is 2. The summed E-state index contributed by atoms with van der Waals surface area (Å²) < 4.78 is 14.6. The van der Waals surface area contributed by atoms with Crippen molar-refractivity contribution in [3.8, 4) is 34.4 Å². The number of aromatic nitrogens is 5. The second kappa shape index (κ2) is 11.4. The first-order valence-corrected chi connectivity index (χ1v) is 12.9. The van der Waals surface area contributed by atoms with Crippen LogP contribution in [0.5, 0.6) is 0 Å². The fraction of sp³-hybridized carbons (Fsp3) is 0.194. The summed E-state index contributed by atoms with van der Waals surface area (Å²) >= 11 is 0. The fourth-order valence-electron chi connectivity index (χ4n) is 4.63. The molecule has 5 rings (SSSR count). The Kier molecular flexibility index (Phi) is 7.62. The van der Waals surface area contributed by atoms with Crippen molar-refractivity contribution >= 4 is 33.2 Å². The first-order valence-electron chi connectivity index (χ1n) is 12.9. The summed E-state index contributed by atoms with van der Waals surface area (Å²) in [7, 11) is 4.01. The normalized spacial score (nSPS) is 12.2. The average Bonchev–Trinajstić information content (AvgIpc) is 3.55. The minimum atomic E-state index is -0.310. The molecular weight excluding hydrogens is 503 g/mol. The highest BCUT2D eigenvalue weighted by Gasteiger charge is 2.16. The molecule has 0 aliphatic heterocycles. The van der Waals surface area contributed by atoms with Crippen LogP contribution in [0.1, 0.15) is 19.4 Å². The van der Waals surface area contributed by atoms with E-state index >= 15 is 0 Å². The lowest BCUT2D eigenvalue weighted by atomic mass is 10.0. The van der Waals surface area contributed by atoms with Gasteiger partial charge in [0.05, 0.1) is 28.8 Å². The van der Waals surface area contributed by atoms with Gasteiger partial charge < -0.3 is 20.9 Å². The molecule has 5 aromatic rings. The van der Waals surface area contributed by atoms with Crippen LogP contribution in [0.4, 0.5) is 10.1 Å². The maximum absolute atomic E-state index is 14.6. The van der Waals surface area contributed by atoms with Gasteiger partial charge in [-0.15, -0.1) is 0 Å². The molecule has 0 atom stereocenters. The molecule has 0 bridgehead atoms. The van der Waals surface area contributed by atoms with E-state index in [4.69, 9.17) is 5.73 Å². The predicted octanol–water partition coefficient (Wildman–Crippen LogP) is 5.55. The van der Waals surface area contributed by atoms with Gasteiger partial charge in [0.1, 0.15) is 5.82 Å². The van der Waals surface area contributed by atoms with Crippen molar-refractivity contribution in [2.45, 2.75) is 13.8 Å². The van der Waals surface area contributed by atoms with E-state index in [1.165, 1.54) is 12.1 Å². The highest BCUT2D eigenvalue weighted by Crippen LogP contribution is 2.35. The van der Waals surface area contributed by atoms with Crippen molar-refractivity contribution in [3.05, 3.63) is 78.2 Å². The second-order valence-electron chi connectivity index (χ2n) is 9.70. The SMILES string of the molecule is CC#C/C(N)=C\C(=C/C)c1cnc2n[nH]c(-c3cc4c(-c5cc(F)cc(NCCN(C)C)c5)cncc4[nH]3)c2c1. The van der Waals surface area contributed by atoms with E-state index in [9.17, 15) is 4.39 Å². The van der Waals surface area contributed by atoms with Gasteiger partial charge in [-0.3, -0.25) is 10.1 Å². The molecule has 0 radical (unpaired) electrons. The van der Waals surface area contributed by atoms with Gasteiger partial charge >= 0.3 is 0 Å². The zero-order valence-electron chi connectivity index (χ0n) is 22.9. The van der Waals surface area contributed by atoms with E-state index in [0.29, 0.717) is 17.9 Å². The summed E-state index contributed by atoms with van der Waals surface area (Å²) in [6, 6.07) is 9.05. The summed E-state index contributed by atoms with van der Waals surface area (Å²) in [6.07, 6.45) is 9.10. The van der Waals surface area contributed by atoms with Crippen molar-refractivity contribution in [1.29, 1.82) is 0 Å². The van der Waals surface area contributed by atoms with Gasteiger partial charge in [-0.25, -0.2) is 9.37 Å². The molecule has 40 heavy (non-hydrogen) atoms. The van der Waals surface area contributed by atoms with E-state index in [0.717, 1.165) is 62.2 Å². The Labute approximate surface area is 232 Å². The number of hydrogen-bond donors (Lipinski definition) is 4. The molecule has 5 N–H and O–H groups in total. The first kappa shape index (κ1) is 26.7. The van der Waals surface area contributed by atoms with Gasteiger partial charge in [0, 0.05) is 53.1 Å². The Morgan fingerprint density at radius 3 is 2.75 bits per heavy atom. The lowest BCUT2D eigenvalue weighted by molar-refractivity contribution is 0.425. The molecule has 0 saturated carbocycles. The maximum Gasteiger partial charge on any atom is 0.181 e. The van der Waals surface area contributed by atoms with Crippen LogP contribution in [0.15, 0.2) is 66.8 Å². The summed E-state index contributed by atoms with van der Waals surface area (Å²) in [5.74, 6) is 5.38. The molecule has 4 heterocycles. The van der Waals surface area contributed by atoms with E-state index in [-0.39, 0.29) is 5.82 Å². The van der Waals surface area contributed by atoms with Gasteiger partial charge in [0.25, 0.3) is 0 Å². The smallest absolute Gasteiger partial charge is 0.181 e. The largest absolute Gasteiger partial charge is 0.392 e. The van der Waals surface area contributed by atoms with Crippen LogP contribution in [0, 0.1) is 17.7 Å². The summed E-state index contributed by atoms with van der Waals surface area (Å²) in [4.78, 5) is 14.5. The molecule has 0 saturated heterocycles. The standard InChI is InChI=1S/C31H31FN8/c1-5-7-23(33)11-19(6-2)21-13-26-30(38-39-31(26)36-16-21)28-15-25-27(17-34-18-29(25)37-28)20-10-22(32)14-24(12-20)35-8-9-40(3)4/h6,10-18,35,37H,8-9,33H2,1-4H3,(H,36,38,39)/b19-6+,23-11+. The summed E-state index contributed by atoms with van der Waals surface area (Å²) in [5.41, 5.74) is 13.6. The average molecular weight is 535 g/mol. The molecule has 0 spiro atoms. The van der Waals surface area contributed by atoms with Crippen LogP contribution >= 0.6 is 0 Å².